The molecule has 0 bridgehead atoms. The van der Waals surface area contributed by atoms with Gasteiger partial charge in [-0.2, -0.15) is 0 Å². The molecule has 88 valence electrons. The Morgan fingerprint density at radius 2 is 2.25 bits per heavy atom. The third-order valence-electron chi connectivity index (χ3n) is 2.32. The number of hydrogen-bond donors (Lipinski definition) is 1. The lowest BCUT2D eigenvalue weighted by atomic mass is 10.1. The number of ether oxygens (including phenoxy) is 1. The van der Waals surface area contributed by atoms with Crippen molar-refractivity contribution in [1.29, 1.82) is 0 Å². The zero-order valence-corrected chi connectivity index (χ0v) is 9.77. The largest absolute Gasteiger partial charge is 0.414 e. The monoisotopic (exact) mass is 222 g/mol. The van der Waals surface area contributed by atoms with E-state index in [1.165, 1.54) is 4.90 Å². The molecular weight excluding hydrogens is 204 g/mol. The van der Waals surface area contributed by atoms with Crippen molar-refractivity contribution < 1.29 is 9.53 Å². The van der Waals surface area contributed by atoms with Crippen LogP contribution >= 0.6 is 0 Å². The molecule has 2 N–H and O–H groups in total. The van der Waals surface area contributed by atoms with E-state index in [1.54, 1.807) is 13.1 Å². The first-order valence-corrected chi connectivity index (χ1v) is 5.39. The lowest BCUT2D eigenvalue weighted by Gasteiger charge is -2.14. The van der Waals surface area contributed by atoms with Gasteiger partial charge in [0.2, 0.25) is 0 Å². The van der Waals surface area contributed by atoms with Crippen molar-refractivity contribution >= 4 is 6.09 Å². The predicted molar refractivity (Wildman–Crippen MR) is 63.5 cm³/mol. The van der Waals surface area contributed by atoms with Gasteiger partial charge in [0, 0.05) is 13.6 Å². The lowest BCUT2D eigenvalue weighted by molar-refractivity contribution is 0.165. The van der Waals surface area contributed by atoms with E-state index >= 15 is 0 Å². The van der Waals surface area contributed by atoms with Crippen LogP contribution in [0.4, 0.5) is 4.79 Å². The van der Waals surface area contributed by atoms with Gasteiger partial charge in [0.05, 0.1) is 0 Å². The third kappa shape index (κ3) is 3.55. The summed E-state index contributed by atoms with van der Waals surface area (Å²) in [5.74, 6) is 0.566. The molecule has 0 aliphatic rings. The summed E-state index contributed by atoms with van der Waals surface area (Å²) in [4.78, 5) is 13.0. The second-order valence-corrected chi connectivity index (χ2v) is 3.57. The minimum absolute atomic E-state index is 0.340. The van der Waals surface area contributed by atoms with E-state index in [4.69, 9.17) is 10.5 Å². The molecule has 0 aliphatic carbocycles. The van der Waals surface area contributed by atoms with E-state index in [0.29, 0.717) is 18.8 Å². The zero-order valence-electron chi connectivity index (χ0n) is 9.77. The Labute approximate surface area is 96.0 Å². The van der Waals surface area contributed by atoms with Gasteiger partial charge in [0.15, 0.2) is 0 Å². The molecule has 4 nitrogen and oxygen atoms in total. The molecule has 0 aliphatic heterocycles. The molecule has 16 heavy (non-hydrogen) atoms. The van der Waals surface area contributed by atoms with Crippen LogP contribution < -0.4 is 10.5 Å². The summed E-state index contributed by atoms with van der Waals surface area (Å²) in [6.07, 6.45) is 0.446. The van der Waals surface area contributed by atoms with Gasteiger partial charge in [0.25, 0.3) is 0 Å². The molecule has 1 aromatic carbocycles. The number of amides is 1. The van der Waals surface area contributed by atoms with Crippen LogP contribution in [0.5, 0.6) is 5.75 Å². The molecule has 0 fully saturated rings. The van der Waals surface area contributed by atoms with E-state index in [0.717, 1.165) is 12.0 Å². The maximum atomic E-state index is 11.5. The van der Waals surface area contributed by atoms with E-state index in [-0.39, 0.29) is 6.09 Å². The second-order valence-electron chi connectivity index (χ2n) is 3.57. The minimum Gasteiger partial charge on any atom is -0.410 e. The van der Waals surface area contributed by atoms with Crippen LogP contribution in [0.3, 0.4) is 0 Å². The topological polar surface area (TPSA) is 55.6 Å². The molecule has 1 amide bonds. The highest BCUT2D eigenvalue weighted by molar-refractivity contribution is 5.70. The predicted octanol–water partition coefficient (Wildman–Crippen LogP) is 1.64. The summed E-state index contributed by atoms with van der Waals surface area (Å²) >= 11 is 0. The van der Waals surface area contributed by atoms with Crippen molar-refractivity contribution in [3.05, 3.63) is 29.8 Å². The van der Waals surface area contributed by atoms with Crippen LogP contribution in [0, 0.1) is 0 Å². The Morgan fingerprint density at radius 1 is 1.50 bits per heavy atom. The van der Waals surface area contributed by atoms with E-state index in [1.807, 2.05) is 25.1 Å². The van der Waals surface area contributed by atoms with Crippen LogP contribution in [0.2, 0.25) is 0 Å². The van der Waals surface area contributed by atoms with Crippen LogP contribution in [0.25, 0.3) is 0 Å². The highest BCUT2D eigenvalue weighted by atomic mass is 16.6. The number of rotatable bonds is 4. The van der Waals surface area contributed by atoms with Crippen molar-refractivity contribution in [2.45, 2.75) is 13.3 Å². The number of carbonyl (C=O) groups is 1. The average Bonchev–Trinajstić information content (AvgIpc) is 2.29. The Balaban J connectivity index is 2.66. The molecule has 0 aromatic heterocycles. The first-order valence-electron chi connectivity index (χ1n) is 5.39. The smallest absolute Gasteiger partial charge is 0.410 e. The quantitative estimate of drug-likeness (QED) is 0.842. The molecule has 4 heteroatoms. The molecule has 0 radical (unpaired) electrons. The summed E-state index contributed by atoms with van der Waals surface area (Å²) in [6.45, 7) is 3.11. The molecule has 1 aromatic rings. The number of nitrogens with zero attached hydrogens (tertiary/aromatic N) is 1. The van der Waals surface area contributed by atoms with Gasteiger partial charge in [-0.1, -0.05) is 12.1 Å². The van der Waals surface area contributed by atoms with Crippen LogP contribution in [0.15, 0.2) is 24.3 Å². The molecule has 0 heterocycles. The molecule has 0 spiro atoms. The van der Waals surface area contributed by atoms with Gasteiger partial charge in [-0.3, -0.25) is 0 Å². The fourth-order valence-corrected chi connectivity index (χ4v) is 1.24. The normalized spacial score (nSPS) is 9.94. The summed E-state index contributed by atoms with van der Waals surface area (Å²) in [5, 5.41) is 0. The molecule has 0 unspecified atom stereocenters. The first-order chi connectivity index (χ1) is 7.67. The number of benzene rings is 1. The number of hydrogen-bond acceptors (Lipinski definition) is 3. The number of carbonyl (C=O) groups excluding carboxylic acids is 1. The van der Waals surface area contributed by atoms with Gasteiger partial charge in [0.1, 0.15) is 5.75 Å². The zero-order chi connectivity index (χ0) is 12.0. The van der Waals surface area contributed by atoms with Crippen molar-refractivity contribution in [2.75, 3.05) is 20.1 Å². The lowest BCUT2D eigenvalue weighted by Crippen LogP contribution is -2.29. The van der Waals surface area contributed by atoms with Crippen molar-refractivity contribution in [3.63, 3.8) is 0 Å². The molecular formula is C12H18N2O2. The second kappa shape index (κ2) is 6.12. The van der Waals surface area contributed by atoms with Crippen molar-refractivity contribution in [3.8, 4) is 5.75 Å². The van der Waals surface area contributed by atoms with Gasteiger partial charge >= 0.3 is 6.09 Å². The van der Waals surface area contributed by atoms with E-state index < -0.39 is 0 Å². The summed E-state index contributed by atoms with van der Waals surface area (Å²) in [5.41, 5.74) is 6.54. The Morgan fingerprint density at radius 3 is 2.88 bits per heavy atom. The van der Waals surface area contributed by atoms with E-state index in [2.05, 4.69) is 0 Å². The molecule has 0 saturated carbocycles. The van der Waals surface area contributed by atoms with Crippen LogP contribution in [0.1, 0.15) is 12.5 Å². The molecule has 0 atom stereocenters. The fourth-order valence-electron chi connectivity index (χ4n) is 1.24. The van der Waals surface area contributed by atoms with Gasteiger partial charge < -0.3 is 15.4 Å². The Hall–Kier alpha value is -1.55. The highest BCUT2D eigenvalue weighted by Crippen LogP contribution is 2.14. The first kappa shape index (κ1) is 12.5. The minimum atomic E-state index is -0.340. The maximum Gasteiger partial charge on any atom is 0.414 e. The average molecular weight is 222 g/mol. The molecule has 0 saturated heterocycles. The van der Waals surface area contributed by atoms with Crippen molar-refractivity contribution in [1.82, 2.24) is 4.90 Å². The van der Waals surface area contributed by atoms with Crippen molar-refractivity contribution in [2.24, 2.45) is 5.73 Å². The summed E-state index contributed by atoms with van der Waals surface area (Å²) < 4.78 is 5.20. The summed E-state index contributed by atoms with van der Waals surface area (Å²) in [6, 6.07) is 7.43. The Bertz CT molecular complexity index is 353. The SMILES string of the molecule is CCN(C)C(=O)Oc1cccc(CCN)c1. The number of nitrogens with two attached hydrogens (primary N) is 1. The van der Waals surface area contributed by atoms with Gasteiger partial charge in [-0.15, -0.1) is 0 Å². The summed E-state index contributed by atoms with van der Waals surface area (Å²) in [7, 11) is 1.70. The maximum absolute atomic E-state index is 11.5. The van der Waals surface area contributed by atoms with E-state index in [9.17, 15) is 4.79 Å². The van der Waals surface area contributed by atoms with Gasteiger partial charge in [-0.25, -0.2) is 4.79 Å². The van der Waals surface area contributed by atoms with Crippen LogP contribution in [-0.2, 0) is 6.42 Å². The van der Waals surface area contributed by atoms with Crippen LogP contribution in [-0.4, -0.2) is 31.1 Å². The standard InChI is InChI=1S/C12H18N2O2/c1-3-14(2)12(15)16-11-6-4-5-10(9-11)7-8-13/h4-6,9H,3,7-8,13H2,1-2H3. The highest BCUT2D eigenvalue weighted by Gasteiger charge is 2.08. The molecule has 1 rings (SSSR count). The Kier molecular flexibility index (Phi) is 4.79. The fraction of sp³-hybridized carbons (Fsp3) is 0.417. The third-order valence-corrected chi connectivity index (χ3v) is 2.32. The van der Waals surface area contributed by atoms with Gasteiger partial charge in [-0.05, 0) is 37.6 Å².